The summed E-state index contributed by atoms with van der Waals surface area (Å²) in [7, 11) is 3.19. The number of hydrogen-bond donors (Lipinski definition) is 0. The minimum absolute atomic E-state index is 0.626. The summed E-state index contributed by atoms with van der Waals surface area (Å²) in [5.74, 6) is 0. The molecule has 0 aliphatic carbocycles. The van der Waals surface area contributed by atoms with E-state index in [1.807, 2.05) is 0 Å². The third-order valence-electron chi connectivity index (χ3n) is 0.833. The van der Waals surface area contributed by atoms with E-state index in [9.17, 15) is 0 Å². The summed E-state index contributed by atoms with van der Waals surface area (Å²) in [5, 5.41) is 0. The van der Waals surface area contributed by atoms with Crippen LogP contribution in [0.4, 0.5) is 0 Å². The van der Waals surface area contributed by atoms with Crippen LogP contribution in [0.2, 0.25) is 0 Å². The molecule has 2 heterocycles. The van der Waals surface area contributed by atoms with Crippen molar-refractivity contribution < 1.29 is 6.15 Å². The van der Waals surface area contributed by atoms with Crippen molar-refractivity contribution in [3.63, 3.8) is 0 Å². The Bertz CT molecular complexity index is 161. The second-order valence-electron chi connectivity index (χ2n) is 1.41. The van der Waals surface area contributed by atoms with Gasteiger partial charge in [0, 0.05) is 0 Å². The van der Waals surface area contributed by atoms with Crippen LogP contribution in [0.15, 0.2) is 0 Å². The van der Waals surface area contributed by atoms with Crippen molar-refractivity contribution in [2.24, 2.45) is 0 Å². The fourth-order valence-electron chi connectivity index (χ4n) is 0.507. The molecule has 9 heavy (non-hydrogen) atoms. The number of hydrogen-bond acceptors (Lipinski definition) is 6. The van der Waals surface area contributed by atoms with E-state index in [0.717, 1.165) is 0 Å². The Balaban J connectivity index is 2.01. The van der Waals surface area contributed by atoms with Crippen molar-refractivity contribution >= 4 is 67.5 Å². The Labute approximate surface area is 72.9 Å². The first-order valence-corrected chi connectivity index (χ1v) is 13.8. The first-order valence-electron chi connectivity index (χ1n) is 2.04. The fraction of sp³-hybridized carbons (Fsp3) is 0. The maximum absolute atomic E-state index is 5.19. The molecule has 2 aliphatic rings. The van der Waals surface area contributed by atoms with Gasteiger partial charge in [0.25, 0.3) is 0 Å². The zero-order valence-corrected chi connectivity index (χ0v) is 10.1. The number of thiocarbonyl (C=S) groups is 2. The summed E-state index contributed by atoms with van der Waals surface area (Å²) in [5.41, 5.74) is 0. The van der Waals surface area contributed by atoms with E-state index in [4.69, 9.17) is 30.6 Å². The second kappa shape index (κ2) is 2.13. The van der Waals surface area contributed by atoms with Crippen molar-refractivity contribution in [1.29, 1.82) is 0 Å². The third kappa shape index (κ3) is 1.09. The van der Waals surface area contributed by atoms with Gasteiger partial charge in [-0.1, -0.05) is 0 Å². The summed E-state index contributed by atoms with van der Waals surface area (Å²) in [6.07, 6.45) is 0. The van der Waals surface area contributed by atoms with E-state index in [-0.39, 0.29) is 0 Å². The van der Waals surface area contributed by atoms with Crippen molar-refractivity contribution in [2.45, 2.75) is 0 Å². The predicted octanol–water partition coefficient (Wildman–Crippen LogP) is 1.52. The van der Waals surface area contributed by atoms with Crippen molar-refractivity contribution in [3.05, 3.63) is 0 Å². The molecule has 0 saturated carbocycles. The molecule has 0 N–H and O–H groups in total. The van der Waals surface area contributed by atoms with E-state index in [1.54, 1.807) is 17.9 Å². The molecular formula is C2O2S4Sn. The third-order valence-corrected chi connectivity index (χ3v) is 22.4. The van der Waals surface area contributed by atoms with Gasteiger partial charge in [0.15, 0.2) is 0 Å². The summed E-state index contributed by atoms with van der Waals surface area (Å²) in [6.45, 7) is 0. The monoisotopic (exact) mass is 304 g/mol. The Morgan fingerprint density at radius 1 is 1.11 bits per heavy atom. The molecule has 0 aromatic heterocycles. The first kappa shape index (κ1) is 6.96. The molecule has 2 fully saturated rings. The molecule has 0 amide bonds. The van der Waals surface area contributed by atoms with Gasteiger partial charge in [0.2, 0.25) is 0 Å². The molecule has 0 radical (unpaired) electrons. The van der Waals surface area contributed by atoms with Crippen molar-refractivity contribution in [1.82, 2.24) is 0 Å². The van der Waals surface area contributed by atoms with Gasteiger partial charge < -0.3 is 0 Å². The topological polar surface area (TPSA) is 18.5 Å². The molecule has 0 atom stereocenters. The van der Waals surface area contributed by atoms with Crippen LogP contribution < -0.4 is 0 Å². The molecule has 0 aromatic carbocycles. The molecule has 2 rings (SSSR count). The van der Waals surface area contributed by atoms with Gasteiger partial charge in [-0.2, -0.15) is 0 Å². The van der Waals surface area contributed by atoms with E-state index in [1.165, 1.54) is 0 Å². The van der Waals surface area contributed by atoms with Crippen LogP contribution in [0.3, 0.4) is 0 Å². The maximum atomic E-state index is 5.19. The van der Waals surface area contributed by atoms with E-state index < -0.39 is 16.4 Å². The van der Waals surface area contributed by atoms with Crippen LogP contribution in [-0.4, -0.2) is 25.2 Å². The minimum atomic E-state index is -2.53. The SMILES string of the molecule is S=C1[O][Sn]2([O]C(=S)[S]2)[S]1. The molecule has 1 spiro atoms. The van der Waals surface area contributed by atoms with Crippen LogP contribution in [0, 0.1) is 0 Å². The van der Waals surface area contributed by atoms with Crippen LogP contribution in [-0.2, 0) is 6.15 Å². The Morgan fingerprint density at radius 3 is 1.67 bits per heavy atom. The van der Waals surface area contributed by atoms with Gasteiger partial charge in [-0.15, -0.1) is 0 Å². The van der Waals surface area contributed by atoms with E-state index in [2.05, 4.69) is 0 Å². The van der Waals surface area contributed by atoms with Gasteiger partial charge in [0.05, 0.1) is 0 Å². The summed E-state index contributed by atoms with van der Waals surface area (Å²) < 4.78 is 11.6. The van der Waals surface area contributed by atoms with Crippen molar-refractivity contribution in [2.75, 3.05) is 0 Å². The van der Waals surface area contributed by atoms with Gasteiger partial charge in [-0.05, 0) is 0 Å². The van der Waals surface area contributed by atoms with Crippen LogP contribution >= 0.6 is 42.3 Å². The zero-order valence-electron chi connectivity index (χ0n) is 3.95. The van der Waals surface area contributed by atoms with Gasteiger partial charge >= 0.3 is 73.7 Å². The molecule has 2 saturated heterocycles. The van der Waals surface area contributed by atoms with Gasteiger partial charge in [-0.25, -0.2) is 0 Å². The molecule has 2 aliphatic heterocycles. The molecule has 0 aromatic rings. The fourth-order valence-corrected chi connectivity index (χ4v) is 24.5. The molecule has 7 heteroatoms. The molecule has 0 unspecified atom stereocenters. The average Bonchev–Trinajstić information content (AvgIpc) is 1.58. The zero-order chi connectivity index (χ0) is 6.48. The van der Waals surface area contributed by atoms with Crippen LogP contribution in [0.1, 0.15) is 0 Å². The number of rotatable bonds is 0. The van der Waals surface area contributed by atoms with Gasteiger partial charge in [-0.3, -0.25) is 0 Å². The quantitative estimate of drug-likeness (QED) is 0.495. The normalized spacial score (nSPS) is 28.0. The first-order chi connectivity index (χ1) is 4.20. The predicted molar refractivity (Wildman–Crippen MR) is 48.3 cm³/mol. The van der Waals surface area contributed by atoms with E-state index >= 15 is 0 Å². The van der Waals surface area contributed by atoms with Crippen LogP contribution in [0.25, 0.3) is 0 Å². The summed E-state index contributed by atoms with van der Waals surface area (Å²) in [6, 6.07) is 0. The van der Waals surface area contributed by atoms with Crippen molar-refractivity contribution in [3.8, 4) is 0 Å². The van der Waals surface area contributed by atoms with E-state index in [0.29, 0.717) is 8.77 Å². The Morgan fingerprint density at radius 2 is 1.44 bits per heavy atom. The van der Waals surface area contributed by atoms with Gasteiger partial charge in [0.1, 0.15) is 0 Å². The molecule has 0 bridgehead atoms. The molecule has 48 valence electrons. The Hall–Kier alpha value is 1.28. The average molecular weight is 303 g/mol. The molecule has 2 nitrogen and oxygen atoms in total. The molecular weight excluding hydrogens is 303 g/mol. The Kier molecular flexibility index (Phi) is 1.65. The summed E-state index contributed by atoms with van der Waals surface area (Å²) in [4.78, 5) is 0. The van der Waals surface area contributed by atoms with Crippen LogP contribution in [0.5, 0.6) is 0 Å². The summed E-state index contributed by atoms with van der Waals surface area (Å²) >= 11 is 6.92. The second-order valence-corrected chi connectivity index (χ2v) is 20.3. The standard InChI is InChI=1S/2CH2OS2.Sn/c2*2-1(3)4;/h2*(H2,2,3,4);/q;;+4/p-4.